The van der Waals surface area contributed by atoms with E-state index in [1.165, 1.54) is 16.8 Å². The SMILES string of the molecule is CCCc1nc2ccc(Br)cc2c(=O)n1N=Cc1cc(Br)c(OCc2cccc(F)c2)c(Br)c1. The first kappa shape index (κ1) is 24.8. The summed E-state index contributed by atoms with van der Waals surface area (Å²) in [6, 6.07) is 15.4. The quantitative estimate of drug-likeness (QED) is 0.198. The molecule has 0 aliphatic heterocycles. The maximum atomic E-state index is 13.4. The molecule has 0 aliphatic rings. The molecule has 0 aliphatic carbocycles. The Morgan fingerprint density at radius 1 is 1.09 bits per heavy atom. The van der Waals surface area contributed by atoms with E-state index in [1.54, 1.807) is 24.4 Å². The molecule has 1 aromatic heterocycles. The van der Waals surface area contributed by atoms with Crippen molar-refractivity contribution in [3.8, 4) is 5.75 Å². The Hall–Kier alpha value is -2.36. The highest BCUT2D eigenvalue weighted by atomic mass is 79.9. The number of hydrogen-bond donors (Lipinski definition) is 0. The first-order valence-corrected chi connectivity index (χ1v) is 12.9. The second-order valence-electron chi connectivity index (χ2n) is 7.53. The van der Waals surface area contributed by atoms with E-state index in [4.69, 9.17) is 4.74 Å². The fraction of sp³-hybridized carbons (Fsp3) is 0.160. The van der Waals surface area contributed by atoms with Gasteiger partial charge in [-0.05, 0) is 91.9 Å². The molecule has 0 N–H and O–H groups in total. The summed E-state index contributed by atoms with van der Waals surface area (Å²) in [5.41, 5.74) is 1.90. The lowest BCUT2D eigenvalue weighted by molar-refractivity contribution is 0.301. The Morgan fingerprint density at radius 2 is 1.85 bits per heavy atom. The lowest BCUT2D eigenvalue weighted by Gasteiger charge is -2.12. The highest BCUT2D eigenvalue weighted by Gasteiger charge is 2.12. The molecule has 4 rings (SSSR count). The molecule has 0 saturated carbocycles. The van der Waals surface area contributed by atoms with Gasteiger partial charge in [-0.25, -0.2) is 9.37 Å². The van der Waals surface area contributed by atoms with Crippen molar-refractivity contribution in [1.82, 2.24) is 9.66 Å². The van der Waals surface area contributed by atoms with Crippen LogP contribution in [0.25, 0.3) is 10.9 Å². The van der Waals surface area contributed by atoms with Crippen molar-refractivity contribution in [3.05, 3.63) is 101 Å². The van der Waals surface area contributed by atoms with Gasteiger partial charge in [-0.1, -0.05) is 35.0 Å². The Bertz CT molecular complexity index is 1430. The average molecular weight is 652 g/mol. The van der Waals surface area contributed by atoms with E-state index < -0.39 is 0 Å². The largest absolute Gasteiger partial charge is 0.487 e. The molecule has 9 heteroatoms. The molecule has 0 spiro atoms. The molecule has 0 atom stereocenters. The van der Waals surface area contributed by atoms with Gasteiger partial charge in [0.15, 0.2) is 0 Å². The van der Waals surface area contributed by atoms with E-state index in [2.05, 4.69) is 57.9 Å². The standard InChI is InChI=1S/C25H19Br3FN3O2/c1-2-4-23-31-22-8-7-17(26)12-19(22)25(33)32(23)30-13-16-10-20(27)24(21(28)11-16)34-14-15-5-3-6-18(29)9-15/h3,5-13H,2,4,14H2,1H3. The number of halogens is 4. The molecule has 0 saturated heterocycles. The summed E-state index contributed by atoms with van der Waals surface area (Å²) < 4.78 is 22.9. The summed E-state index contributed by atoms with van der Waals surface area (Å²) in [6.07, 6.45) is 3.06. The van der Waals surface area contributed by atoms with Crippen LogP contribution in [0.1, 0.15) is 30.3 Å². The molecule has 0 amide bonds. The predicted molar refractivity (Wildman–Crippen MR) is 143 cm³/mol. The van der Waals surface area contributed by atoms with Gasteiger partial charge in [-0.2, -0.15) is 9.78 Å². The normalized spacial score (nSPS) is 11.4. The topological polar surface area (TPSA) is 56.5 Å². The molecule has 34 heavy (non-hydrogen) atoms. The van der Waals surface area contributed by atoms with Crippen LogP contribution in [0.15, 0.2) is 77.9 Å². The fourth-order valence-electron chi connectivity index (χ4n) is 3.40. The maximum Gasteiger partial charge on any atom is 0.282 e. The van der Waals surface area contributed by atoms with Crippen molar-refractivity contribution in [3.63, 3.8) is 0 Å². The number of ether oxygens (including phenoxy) is 1. The van der Waals surface area contributed by atoms with Crippen LogP contribution in [0, 0.1) is 5.82 Å². The van der Waals surface area contributed by atoms with Crippen LogP contribution in [0.2, 0.25) is 0 Å². The number of aryl methyl sites for hydroxylation is 1. The molecular formula is C25H19Br3FN3O2. The van der Waals surface area contributed by atoms with Gasteiger partial charge in [0.25, 0.3) is 5.56 Å². The van der Waals surface area contributed by atoms with E-state index in [-0.39, 0.29) is 18.0 Å². The van der Waals surface area contributed by atoms with Crippen LogP contribution in [-0.2, 0) is 13.0 Å². The fourth-order valence-corrected chi connectivity index (χ4v) is 5.21. The monoisotopic (exact) mass is 649 g/mol. The number of rotatable bonds is 7. The van der Waals surface area contributed by atoms with Crippen LogP contribution in [0.3, 0.4) is 0 Å². The molecule has 1 heterocycles. The van der Waals surface area contributed by atoms with Crippen LogP contribution in [-0.4, -0.2) is 15.9 Å². The first-order valence-electron chi connectivity index (χ1n) is 10.5. The second-order valence-corrected chi connectivity index (χ2v) is 10.2. The van der Waals surface area contributed by atoms with E-state index >= 15 is 0 Å². The summed E-state index contributed by atoms with van der Waals surface area (Å²) in [5.74, 6) is 0.883. The zero-order valence-corrected chi connectivity index (χ0v) is 22.8. The Kier molecular flexibility index (Phi) is 7.95. The molecular weight excluding hydrogens is 633 g/mol. The molecule has 0 unspecified atom stereocenters. The summed E-state index contributed by atoms with van der Waals surface area (Å²) in [5, 5.41) is 4.96. The average Bonchev–Trinajstić information content (AvgIpc) is 2.79. The van der Waals surface area contributed by atoms with Gasteiger partial charge in [0, 0.05) is 10.9 Å². The van der Waals surface area contributed by atoms with E-state index in [9.17, 15) is 9.18 Å². The van der Waals surface area contributed by atoms with Crippen molar-refractivity contribution in [1.29, 1.82) is 0 Å². The zero-order chi connectivity index (χ0) is 24.2. The van der Waals surface area contributed by atoms with Gasteiger partial charge in [0.05, 0.1) is 26.1 Å². The van der Waals surface area contributed by atoms with E-state index in [0.717, 1.165) is 22.0 Å². The number of aromatic nitrogens is 2. The smallest absolute Gasteiger partial charge is 0.282 e. The minimum Gasteiger partial charge on any atom is -0.487 e. The number of nitrogens with zero attached hydrogens (tertiary/aromatic N) is 3. The van der Waals surface area contributed by atoms with Crippen molar-refractivity contribution >= 4 is 64.9 Å². The molecule has 5 nitrogen and oxygen atoms in total. The van der Waals surface area contributed by atoms with Gasteiger partial charge in [0.1, 0.15) is 24.0 Å². The second kappa shape index (κ2) is 10.9. The Labute approximate surface area is 221 Å². The Balaban J connectivity index is 1.64. The van der Waals surface area contributed by atoms with Crippen LogP contribution in [0.5, 0.6) is 5.75 Å². The Morgan fingerprint density at radius 3 is 2.56 bits per heavy atom. The predicted octanol–water partition coefficient (Wildman–Crippen LogP) is 7.24. The highest BCUT2D eigenvalue weighted by Crippen LogP contribution is 2.35. The lowest BCUT2D eigenvalue weighted by atomic mass is 10.2. The van der Waals surface area contributed by atoms with Gasteiger partial charge in [-0.3, -0.25) is 4.79 Å². The third-order valence-corrected chi connectivity index (χ3v) is 6.64. The third kappa shape index (κ3) is 5.64. The number of hydrogen-bond acceptors (Lipinski definition) is 4. The molecule has 0 fully saturated rings. The van der Waals surface area contributed by atoms with Crippen molar-refractivity contribution < 1.29 is 9.13 Å². The number of fused-ring (bicyclic) bond motifs is 1. The highest BCUT2D eigenvalue weighted by molar-refractivity contribution is 9.11. The van der Waals surface area contributed by atoms with Gasteiger partial charge < -0.3 is 4.74 Å². The lowest BCUT2D eigenvalue weighted by Crippen LogP contribution is -2.22. The summed E-state index contributed by atoms with van der Waals surface area (Å²) >= 11 is 10.5. The summed E-state index contributed by atoms with van der Waals surface area (Å²) in [6.45, 7) is 2.25. The minimum absolute atomic E-state index is 0.219. The van der Waals surface area contributed by atoms with Crippen molar-refractivity contribution in [2.24, 2.45) is 5.10 Å². The van der Waals surface area contributed by atoms with E-state index in [1.807, 2.05) is 31.2 Å². The summed E-state index contributed by atoms with van der Waals surface area (Å²) in [4.78, 5) is 17.8. The van der Waals surface area contributed by atoms with Crippen molar-refractivity contribution in [2.75, 3.05) is 0 Å². The number of benzene rings is 3. The summed E-state index contributed by atoms with van der Waals surface area (Å²) in [7, 11) is 0. The third-order valence-electron chi connectivity index (χ3n) is 4.96. The van der Waals surface area contributed by atoms with Gasteiger partial charge in [0.2, 0.25) is 0 Å². The molecule has 4 aromatic rings. The van der Waals surface area contributed by atoms with Gasteiger partial charge in [-0.15, -0.1) is 0 Å². The van der Waals surface area contributed by atoms with Gasteiger partial charge >= 0.3 is 0 Å². The van der Waals surface area contributed by atoms with Crippen molar-refractivity contribution in [2.45, 2.75) is 26.4 Å². The molecule has 174 valence electrons. The first-order chi connectivity index (χ1) is 16.4. The van der Waals surface area contributed by atoms with E-state index in [0.29, 0.717) is 37.8 Å². The minimum atomic E-state index is -0.306. The maximum absolute atomic E-state index is 13.4. The van der Waals surface area contributed by atoms with Crippen LogP contribution in [0.4, 0.5) is 4.39 Å². The molecule has 3 aromatic carbocycles. The molecule has 0 bridgehead atoms. The van der Waals surface area contributed by atoms with Crippen LogP contribution < -0.4 is 10.3 Å². The molecule has 0 radical (unpaired) electrons. The zero-order valence-electron chi connectivity index (χ0n) is 18.1. The van der Waals surface area contributed by atoms with Crippen LogP contribution >= 0.6 is 47.8 Å².